The molecule has 0 radical (unpaired) electrons. The highest BCUT2D eigenvalue weighted by molar-refractivity contribution is 7.29. The van der Waals surface area contributed by atoms with Crippen LogP contribution in [0.2, 0.25) is 0 Å². The van der Waals surface area contributed by atoms with E-state index >= 15 is 0 Å². The third-order valence-corrected chi connectivity index (χ3v) is 13.8. The number of hydrogen-bond acceptors (Lipinski definition) is 3. The lowest BCUT2D eigenvalue weighted by atomic mass is 9.36. The molecule has 2 aliphatic heterocycles. The van der Waals surface area contributed by atoms with E-state index in [0.717, 1.165) is 6.42 Å². The smallest absolute Gasteiger partial charge is 0.264 e. The minimum atomic E-state index is 0.0401. The molecule has 1 atom stereocenters. The van der Waals surface area contributed by atoms with Gasteiger partial charge in [0.15, 0.2) is 0 Å². The van der Waals surface area contributed by atoms with Gasteiger partial charge in [-0.15, -0.1) is 11.3 Å². The van der Waals surface area contributed by atoms with Crippen molar-refractivity contribution < 1.29 is 0 Å². The van der Waals surface area contributed by atoms with Gasteiger partial charge in [-0.2, -0.15) is 0 Å². The summed E-state index contributed by atoms with van der Waals surface area (Å²) in [7, 11) is 0. The van der Waals surface area contributed by atoms with Gasteiger partial charge in [0.05, 0.1) is 5.69 Å². The number of para-hydroxylation sites is 2. The van der Waals surface area contributed by atoms with Gasteiger partial charge in [-0.05, 0) is 131 Å². The third-order valence-electron chi connectivity index (χ3n) is 12.6. The number of allylic oxidation sites excluding steroid dienone is 1. The molecule has 2 aliphatic carbocycles. The summed E-state index contributed by atoms with van der Waals surface area (Å²) in [4.78, 5) is 6.71. The van der Waals surface area contributed by atoms with E-state index in [1.807, 2.05) is 0 Å². The molecular weight excluding hydrogens is 623 g/mol. The highest BCUT2D eigenvalue weighted by atomic mass is 32.1. The zero-order chi connectivity index (χ0) is 34.9. The van der Waals surface area contributed by atoms with Crippen molar-refractivity contribution in [2.24, 2.45) is 16.7 Å². The van der Waals surface area contributed by atoms with Crippen LogP contribution in [0.3, 0.4) is 0 Å². The quantitative estimate of drug-likeness (QED) is 0.169. The number of fused-ring (bicyclic) bond motifs is 7. The van der Waals surface area contributed by atoms with E-state index in [2.05, 4.69) is 174 Å². The molecule has 0 N–H and O–H groups in total. The second-order valence-corrected chi connectivity index (χ2v) is 18.9. The fraction of sp³-hybridized carbons (Fsp3) is 0.348. The lowest BCUT2D eigenvalue weighted by molar-refractivity contribution is 0.123. The molecule has 4 aromatic carbocycles. The largest absolute Gasteiger partial charge is 0.311 e. The lowest BCUT2D eigenvalue weighted by Crippen LogP contribution is -2.60. The van der Waals surface area contributed by atoms with Crippen LogP contribution in [0.15, 0.2) is 90.5 Å². The Morgan fingerprint density at radius 3 is 2.18 bits per heavy atom. The minimum absolute atomic E-state index is 0.0401. The topological polar surface area (TPSA) is 6.48 Å². The van der Waals surface area contributed by atoms with Crippen LogP contribution in [0.1, 0.15) is 88.4 Å². The molecule has 1 unspecified atom stereocenters. The van der Waals surface area contributed by atoms with Crippen molar-refractivity contribution in [3.8, 4) is 0 Å². The van der Waals surface area contributed by atoms with Gasteiger partial charge in [0.25, 0.3) is 6.71 Å². The Morgan fingerprint density at radius 2 is 1.46 bits per heavy atom. The molecular formula is C46H49BN2S. The summed E-state index contributed by atoms with van der Waals surface area (Å²) < 4.78 is 1.50. The van der Waals surface area contributed by atoms with Gasteiger partial charge in [0.2, 0.25) is 0 Å². The van der Waals surface area contributed by atoms with E-state index in [1.165, 1.54) is 84.2 Å². The standard InChI is InChI=1S/C46H49BN2S/c1-28-23-38-41-39(24-28)49(36-18-14-13-15-29(36)2)37-20-19-30(44(3,4)5)25-35(37)47(41)43-42(48(38)31-16-11-10-12-17-31)32-26-33-34(27-40(32)50-43)46(8,9)22-21-45(33,6)7/h10-20,23-25,27,33H,21-22,26H2,1-9H3. The van der Waals surface area contributed by atoms with E-state index in [0.29, 0.717) is 5.92 Å². The molecule has 1 aromatic heterocycles. The van der Waals surface area contributed by atoms with Crippen molar-refractivity contribution in [3.05, 3.63) is 118 Å². The maximum atomic E-state index is 2.66. The third kappa shape index (κ3) is 4.60. The highest BCUT2D eigenvalue weighted by Crippen LogP contribution is 2.58. The Hall–Kier alpha value is -4.02. The predicted molar refractivity (Wildman–Crippen MR) is 218 cm³/mol. The van der Waals surface area contributed by atoms with Gasteiger partial charge in [-0.25, -0.2) is 0 Å². The number of benzene rings is 4. The van der Waals surface area contributed by atoms with E-state index in [-0.39, 0.29) is 23.0 Å². The molecule has 0 bridgehead atoms. The van der Waals surface area contributed by atoms with Gasteiger partial charge in [-0.1, -0.05) is 103 Å². The van der Waals surface area contributed by atoms with Crippen LogP contribution in [0.25, 0.3) is 6.08 Å². The minimum Gasteiger partial charge on any atom is -0.311 e. The molecule has 5 aromatic rings. The van der Waals surface area contributed by atoms with Crippen molar-refractivity contribution in [1.82, 2.24) is 0 Å². The fourth-order valence-corrected chi connectivity index (χ4v) is 11.0. The van der Waals surface area contributed by atoms with Crippen LogP contribution in [0.5, 0.6) is 0 Å². The second kappa shape index (κ2) is 10.7. The number of hydrogen-bond donors (Lipinski definition) is 0. The summed E-state index contributed by atoms with van der Waals surface area (Å²) >= 11 is 2.08. The molecule has 0 saturated heterocycles. The molecule has 1 saturated carbocycles. The molecule has 4 aliphatic rings. The number of nitrogens with zero attached hydrogens (tertiary/aromatic N) is 2. The van der Waals surface area contributed by atoms with E-state index in [9.17, 15) is 0 Å². The van der Waals surface area contributed by atoms with Crippen LogP contribution < -0.4 is 25.5 Å². The molecule has 1 fully saturated rings. The summed E-state index contributed by atoms with van der Waals surface area (Å²) in [5.74, 6) is 0.548. The van der Waals surface area contributed by atoms with Gasteiger partial charge < -0.3 is 9.80 Å². The SMILES string of the molecule is Cc1cc2c3c(c1)N(c1ccccc1)c1c(sc4c1CC1C(=C4)C(C)(C)CCC1(C)C)B3c1cc(C(C)(C)C)ccc1N2c1ccccc1C. The summed E-state index contributed by atoms with van der Waals surface area (Å²) in [5.41, 5.74) is 18.5. The summed E-state index contributed by atoms with van der Waals surface area (Å²) in [5, 5.41) is 0. The number of thiophene rings is 1. The predicted octanol–water partition coefficient (Wildman–Crippen LogP) is 11.1. The van der Waals surface area contributed by atoms with Crippen molar-refractivity contribution in [3.63, 3.8) is 0 Å². The van der Waals surface area contributed by atoms with Crippen LogP contribution in [0, 0.1) is 30.6 Å². The van der Waals surface area contributed by atoms with Gasteiger partial charge in [0, 0.05) is 38.1 Å². The monoisotopic (exact) mass is 672 g/mol. The molecule has 252 valence electrons. The van der Waals surface area contributed by atoms with Gasteiger partial charge >= 0.3 is 0 Å². The Labute approximate surface area is 303 Å². The number of rotatable bonds is 2. The first-order chi connectivity index (χ1) is 23.7. The van der Waals surface area contributed by atoms with E-state index in [4.69, 9.17) is 0 Å². The maximum absolute atomic E-state index is 2.66. The van der Waals surface area contributed by atoms with Crippen molar-refractivity contribution >= 4 is 74.0 Å². The maximum Gasteiger partial charge on any atom is 0.264 e. The highest BCUT2D eigenvalue weighted by Gasteiger charge is 2.50. The van der Waals surface area contributed by atoms with Crippen LogP contribution in [-0.4, -0.2) is 6.71 Å². The van der Waals surface area contributed by atoms with E-state index in [1.54, 1.807) is 11.1 Å². The molecule has 2 nitrogen and oxygen atoms in total. The number of anilines is 6. The van der Waals surface area contributed by atoms with Gasteiger partial charge in [-0.3, -0.25) is 0 Å². The Morgan fingerprint density at radius 1 is 0.760 bits per heavy atom. The normalized spacial score (nSPS) is 19.6. The first-order valence-electron chi connectivity index (χ1n) is 18.6. The van der Waals surface area contributed by atoms with E-state index < -0.39 is 0 Å². The first kappa shape index (κ1) is 31.9. The lowest BCUT2D eigenvalue weighted by Gasteiger charge is -2.50. The molecule has 3 heterocycles. The van der Waals surface area contributed by atoms with Crippen LogP contribution >= 0.6 is 11.3 Å². The molecule has 0 amide bonds. The summed E-state index contributed by atoms with van der Waals surface area (Å²) in [6.07, 6.45) is 6.30. The molecule has 9 rings (SSSR count). The zero-order valence-corrected chi connectivity index (χ0v) is 32.1. The van der Waals surface area contributed by atoms with Crippen molar-refractivity contribution in [2.45, 2.75) is 87.0 Å². The molecule has 0 spiro atoms. The van der Waals surface area contributed by atoms with Crippen LogP contribution in [-0.2, 0) is 11.8 Å². The zero-order valence-electron chi connectivity index (χ0n) is 31.2. The number of aryl methyl sites for hydroxylation is 2. The Kier molecular flexibility index (Phi) is 6.86. The summed E-state index contributed by atoms with van der Waals surface area (Å²) in [6.45, 7) is 21.8. The molecule has 4 heteroatoms. The van der Waals surface area contributed by atoms with Crippen molar-refractivity contribution in [2.75, 3.05) is 9.80 Å². The Balaban J connectivity index is 1.39. The van der Waals surface area contributed by atoms with Crippen LogP contribution in [0.4, 0.5) is 34.1 Å². The average molecular weight is 673 g/mol. The summed E-state index contributed by atoms with van der Waals surface area (Å²) in [6, 6.07) is 32.4. The van der Waals surface area contributed by atoms with Crippen molar-refractivity contribution in [1.29, 1.82) is 0 Å². The Bertz CT molecular complexity index is 2230. The molecule has 50 heavy (non-hydrogen) atoms. The fourth-order valence-electron chi connectivity index (χ4n) is 9.60. The first-order valence-corrected chi connectivity index (χ1v) is 19.4. The second-order valence-electron chi connectivity index (χ2n) is 17.9. The average Bonchev–Trinajstić information content (AvgIpc) is 3.44. The van der Waals surface area contributed by atoms with Gasteiger partial charge in [0.1, 0.15) is 0 Å².